The summed E-state index contributed by atoms with van der Waals surface area (Å²) < 4.78 is 4.57. The Morgan fingerprint density at radius 1 is 1.44 bits per heavy atom. The summed E-state index contributed by atoms with van der Waals surface area (Å²) in [6, 6.07) is 4.74. The molecule has 2 N–H and O–H groups in total. The number of benzene rings is 1. The minimum absolute atomic E-state index is 0.185. The molecule has 0 bridgehead atoms. The van der Waals surface area contributed by atoms with Gasteiger partial charge in [0.15, 0.2) is 5.78 Å². The minimum atomic E-state index is -0.843. The van der Waals surface area contributed by atoms with Gasteiger partial charge in [-0.15, -0.1) is 11.6 Å². The summed E-state index contributed by atoms with van der Waals surface area (Å²) >= 11 is 5.88. The molecule has 0 saturated carbocycles. The van der Waals surface area contributed by atoms with E-state index in [2.05, 4.69) is 4.74 Å². The maximum atomic E-state index is 11.3. The Hall–Kier alpha value is -1.55. The van der Waals surface area contributed by atoms with Gasteiger partial charge in [-0.3, -0.25) is 4.79 Å². The minimum Gasteiger partial charge on any atom is -0.465 e. The second kappa shape index (κ2) is 4.99. The summed E-state index contributed by atoms with van der Waals surface area (Å²) in [6.45, 7) is 1.36. The van der Waals surface area contributed by atoms with Crippen LogP contribution in [0.3, 0.4) is 0 Å². The number of ether oxygens (including phenoxy) is 1. The number of rotatable bonds is 3. The molecule has 0 aliphatic heterocycles. The van der Waals surface area contributed by atoms with E-state index in [0.29, 0.717) is 5.56 Å². The van der Waals surface area contributed by atoms with E-state index in [0.717, 1.165) is 0 Å². The Balaban J connectivity index is 3.23. The summed E-state index contributed by atoms with van der Waals surface area (Å²) in [6.07, 6.45) is 0. The van der Waals surface area contributed by atoms with Crippen LogP contribution in [0, 0.1) is 0 Å². The number of methoxy groups -OCH3 is 1. The number of hydrogen-bond acceptors (Lipinski definition) is 4. The van der Waals surface area contributed by atoms with Gasteiger partial charge in [-0.25, -0.2) is 4.79 Å². The number of carbonyl (C=O) groups excluding carboxylic acids is 2. The van der Waals surface area contributed by atoms with Gasteiger partial charge in [-0.2, -0.15) is 0 Å². The number of para-hydroxylation sites is 1. The van der Waals surface area contributed by atoms with E-state index in [-0.39, 0.29) is 17.0 Å². The lowest BCUT2D eigenvalue weighted by atomic mass is 10.0. The third-order valence-electron chi connectivity index (χ3n) is 2.18. The standard InChI is InChI=1S/C11H12ClNO3/c1-6(14)9(12)7-4-3-5-8(10(7)13)11(15)16-2/h3-5,9H,13H2,1-2H3. The summed E-state index contributed by atoms with van der Waals surface area (Å²) in [5, 5.41) is -0.843. The van der Waals surface area contributed by atoms with Gasteiger partial charge in [0, 0.05) is 5.56 Å². The van der Waals surface area contributed by atoms with Crippen molar-refractivity contribution in [3.05, 3.63) is 29.3 Å². The highest BCUT2D eigenvalue weighted by atomic mass is 35.5. The van der Waals surface area contributed by atoms with Crippen LogP contribution < -0.4 is 5.73 Å². The van der Waals surface area contributed by atoms with Gasteiger partial charge < -0.3 is 10.5 Å². The number of ketones is 1. The normalized spacial score (nSPS) is 11.9. The number of halogens is 1. The van der Waals surface area contributed by atoms with Crippen molar-refractivity contribution in [3.8, 4) is 0 Å². The monoisotopic (exact) mass is 241 g/mol. The van der Waals surface area contributed by atoms with E-state index in [9.17, 15) is 9.59 Å². The van der Waals surface area contributed by atoms with E-state index in [4.69, 9.17) is 17.3 Å². The molecular weight excluding hydrogens is 230 g/mol. The van der Waals surface area contributed by atoms with Crippen LogP contribution in [0.2, 0.25) is 0 Å². The molecule has 0 aliphatic rings. The van der Waals surface area contributed by atoms with Crippen molar-refractivity contribution >= 4 is 29.0 Å². The van der Waals surface area contributed by atoms with Gasteiger partial charge in [0.05, 0.1) is 18.4 Å². The van der Waals surface area contributed by atoms with Crippen molar-refractivity contribution in [2.24, 2.45) is 0 Å². The number of Topliss-reactive ketones (excluding diaryl/α,β-unsaturated/α-hetero) is 1. The van der Waals surface area contributed by atoms with E-state index in [1.807, 2.05) is 0 Å². The first kappa shape index (κ1) is 12.5. The average molecular weight is 242 g/mol. The molecule has 0 spiro atoms. The van der Waals surface area contributed by atoms with Crippen LogP contribution in [0.5, 0.6) is 0 Å². The molecule has 0 radical (unpaired) electrons. The fourth-order valence-corrected chi connectivity index (χ4v) is 1.50. The van der Waals surface area contributed by atoms with Crippen LogP contribution in [0.4, 0.5) is 5.69 Å². The molecule has 0 aliphatic carbocycles. The van der Waals surface area contributed by atoms with Crippen LogP contribution in [-0.2, 0) is 9.53 Å². The second-order valence-electron chi connectivity index (χ2n) is 3.27. The smallest absolute Gasteiger partial charge is 0.339 e. The number of hydrogen-bond donors (Lipinski definition) is 1. The predicted octanol–water partition coefficient (Wildman–Crippen LogP) is 1.92. The zero-order valence-corrected chi connectivity index (χ0v) is 9.75. The number of anilines is 1. The third-order valence-corrected chi connectivity index (χ3v) is 2.72. The molecule has 86 valence electrons. The zero-order valence-electron chi connectivity index (χ0n) is 8.99. The Bertz CT molecular complexity index is 431. The summed E-state index contributed by atoms with van der Waals surface area (Å²) in [7, 11) is 1.26. The average Bonchev–Trinajstić information content (AvgIpc) is 2.27. The lowest BCUT2D eigenvalue weighted by Gasteiger charge is -2.12. The van der Waals surface area contributed by atoms with Crippen LogP contribution >= 0.6 is 11.6 Å². The van der Waals surface area contributed by atoms with Crippen LogP contribution in [0.15, 0.2) is 18.2 Å². The fourth-order valence-electron chi connectivity index (χ4n) is 1.31. The van der Waals surface area contributed by atoms with Crippen LogP contribution in [0.25, 0.3) is 0 Å². The molecule has 1 atom stereocenters. The summed E-state index contributed by atoms with van der Waals surface area (Å²) in [4.78, 5) is 22.5. The predicted molar refractivity (Wildman–Crippen MR) is 61.5 cm³/mol. The maximum Gasteiger partial charge on any atom is 0.339 e. The van der Waals surface area contributed by atoms with E-state index in [1.165, 1.54) is 20.1 Å². The van der Waals surface area contributed by atoms with Crippen molar-refractivity contribution in [1.29, 1.82) is 0 Å². The SMILES string of the molecule is COC(=O)c1cccc(C(Cl)C(C)=O)c1N. The highest BCUT2D eigenvalue weighted by molar-refractivity contribution is 6.31. The van der Waals surface area contributed by atoms with Crippen molar-refractivity contribution in [2.75, 3.05) is 12.8 Å². The lowest BCUT2D eigenvalue weighted by Crippen LogP contribution is -2.11. The largest absolute Gasteiger partial charge is 0.465 e. The van der Waals surface area contributed by atoms with Crippen molar-refractivity contribution in [1.82, 2.24) is 0 Å². The van der Waals surface area contributed by atoms with E-state index >= 15 is 0 Å². The molecule has 0 heterocycles. The molecule has 1 unspecified atom stereocenters. The Kier molecular flexibility index (Phi) is 3.90. The van der Waals surface area contributed by atoms with Gasteiger partial charge in [-0.1, -0.05) is 12.1 Å². The molecular formula is C11H12ClNO3. The fraction of sp³-hybridized carbons (Fsp3) is 0.273. The molecule has 4 nitrogen and oxygen atoms in total. The molecule has 1 aromatic carbocycles. The third kappa shape index (κ3) is 2.33. The lowest BCUT2D eigenvalue weighted by molar-refractivity contribution is -0.116. The van der Waals surface area contributed by atoms with Crippen molar-refractivity contribution in [3.63, 3.8) is 0 Å². The Morgan fingerprint density at radius 3 is 2.56 bits per heavy atom. The first-order chi connectivity index (χ1) is 7.49. The van der Waals surface area contributed by atoms with Gasteiger partial charge in [0.2, 0.25) is 0 Å². The summed E-state index contributed by atoms with van der Waals surface area (Å²) in [5.74, 6) is -0.776. The number of carbonyl (C=O) groups is 2. The van der Waals surface area contributed by atoms with Crippen LogP contribution in [0.1, 0.15) is 28.2 Å². The maximum absolute atomic E-state index is 11.3. The van der Waals surface area contributed by atoms with Gasteiger partial charge >= 0.3 is 5.97 Å². The molecule has 5 heteroatoms. The molecule has 1 aromatic rings. The highest BCUT2D eigenvalue weighted by Crippen LogP contribution is 2.29. The number of alkyl halides is 1. The molecule has 0 saturated heterocycles. The van der Waals surface area contributed by atoms with Gasteiger partial charge in [0.1, 0.15) is 5.38 Å². The topological polar surface area (TPSA) is 69.4 Å². The van der Waals surface area contributed by atoms with Gasteiger partial charge in [0.25, 0.3) is 0 Å². The first-order valence-electron chi connectivity index (χ1n) is 4.60. The Labute approximate surface area is 98.3 Å². The molecule has 0 amide bonds. The van der Waals surface area contributed by atoms with Crippen LogP contribution in [-0.4, -0.2) is 18.9 Å². The van der Waals surface area contributed by atoms with Crippen molar-refractivity contribution < 1.29 is 14.3 Å². The zero-order chi connectivity index (χ0) is 12.3. The quantitative estimate of drug-likeness (QED) is 0.499. The molecule has 0 aromatic heterocycles. The van der Waals surface area contributed by atoms with E-state index in [1.54, 1.807) is 12.1 Å². The highest BCUT2D eigenvalue weighted by Gasteiger charge is 2.20. The Morgan fingerprint density at radius 2 is 2.06 bits per heavy atom. The molecule has 1 rings (SSSR count). The number of nitrogen functional groups attached to an aromatic ring is 1. The van der Waals surface area contributed by atoms with Crippen molar-refractivity contribution in [2.45, 2.75) is 12.3 Å². The first-order valence-corrected chi connectivity index (χ1v) is 5.04. The molecule has 16 heavy (non-hydrogen) atoms. The van der Waals surface area contributed by atoms with Gasteiger partial charge in [-0.05, 0) is 13.0 Å². The van der Waals surface area contributed by atoms with E-state index < -0.39 is 11.3 Å². The molecule has 0 fully saturated rings. The number of nitrogens with two attached hydrogens (primary N) is 1. The second-order valence-corrected chi connectivity index (χ2v) is 3.71. The summed E-state index contributed by atoms with van der Waals surface area (Å²) in [5.41, 5.74) is 6.59. The number of esters is 1.